The number of nitrogens with one attached hydrogen (secondary N) is 1. The standard InChI is InChI=1S/C18H16N2O2/c19-17(21)16(13-7-10-14-8-3-1-4-9-14)20-18(22)15-11-5-2-6-12-15/h1-13H,(H2,19,21)(H,20,22)/b10-7-,16-13+. The van der Waals surface area contributed by atoms with E-state index in [2.05, 4.69) is 5.32 Å². The van der Waals surface area contributed by atoms with Gasteiger partial charge in [-0.2, -0.15) is 0 Å². The zero-order valence-corrected chi connectivity index (χ0v) is 11.9. The molecule has 0 aliphatic carbocycles. The molecule has 4 nitrogen and oxygen atoms in total. The lowest BCUT2D eigenvalue weighted by molar-refractivity contribution is -0.114. The third-order valence-electron chi connectivity index (χ3n) is 2.90. The van der Waals surface area contributed by atoms with E-state index < -0.39 is 5.91 Å². The molecule has 0 radical (unpaired) electrons. The summed E-state index contributed by atoms with van der Waals surface area (Å²) in [5, 5.41) is 2.52. The van der Waals surface area contributed by atoms with Crippen molar-refractivity contribution in [3.8, 4) is 0 Å². The van der Waals surface area contributed by atoms with E-state index in [9.17, 15) is 9.59 Å². The normalized spacial score (nSPS) is 11.4. The van der Waals surface area contributed by atoms with E-state index in [1.165, 1.54) is 6.08 Å². The predicted octanol–water partition coefficient (Wildman–Crippen LogP) is 2.50. The Kier molecular flexibility index (Phi) is 5.26. The van der Waals surface area contributed by atoms with Gasteiger partial charge in [-0.3, -0.25) is 9.59 Å². The lowest BCUT2D eigenvalue weighted by Crippen LogP contribution is -2.31. The van der Waals surface area contributed by atoms with Gasteiger partial charge in [-0.15, -0.1) is 0 Å². The van der Waals surface area contributed by atoms with Crippen LogP contribution in [0.4, 0.5) is 0 Å². The highest BCUT2D eigenvalue weighted by atomic mass is 16.2. The number of benzene rings is 2. The monoisotopic (exact) mass is 292 g/mol. The molecular weight excluding hydrogens is 276 g/mol. The molecule has 0 saturated heterocycles. The number of carbonyl (C=O) groups excluding carboxylic acids is 2. The second kappa shape index (κ2) is 7.59. The Morgan fingerprint density at radius 3 is 2.09 bits per heavy atom. The lowest BCUT2D eigenvalue weighted by Gasteiger charge is -2.05. The maximum Gasteiger partial charge on any atom is 0.265 e. The third-order valence-corrected chi connectivity index (χ3v) is 2.90. The summed E-state index contributed by atoms with van der Waals surface area (Å²) < 4.78 is 0. The number of allylic oxidation sites excluding steroid dienone is 2. The fourth-order valence-corrected chi connectivity index (χ4v) is 1.79. The third kappa shape index (κ3) is 4.45. The highest BCUT2D eigenvalue weighted by molar-refractivity contribution is 6.02. The number of hydrogen-bond donors (Lipinski definition) is 2. The van der Waals surface area contributed by atoms with Crippen LogP contribution in [0.5, 0.6) is 0 Å². The molecule has 0 aliphatic heterocycles. The molecule has 0 heterocycles. The lowest BCUT2D eigenvalue weighted by atomic mass is 10.2. The summed E-state index contributed by atoms with van der Waals surface area (Å²) in [5.74, 6) is -1.07. The van der Waals surface area contributed by atoms with E-state index in [0.717, 1.165) is 5.56 Å². The van der Waals surface area contributed by atoms with Crippen LogP contribution in [0, 0.1) is 0 Å². The van der Waals surface area contributed by atoms with Gasteiger partial charge in [0.1, 0.15) is 5.70 Å². The first-order valence-electron chi connectivity index (χ1n) is 6.76. The van der Waals surface area contributed by atoms with Crippen molar-refractivity contribution in [2.45, 2.75) is 0 Å². The van der Waals surface area contributed by atoms with Crippen molar-refractivity contribution >= 4 is 17.9 Å². The molecule has 2 amide bonds. The maximum absolute atomic E-state index is 12.0. The van der Waals surface area contributed by atoms with Gasteiger partial charge in [-0.05, 0) is 23.8 Å². The minimum atomic E-state index is -0.693. The minimum Gasteiger partial charge on any atom is -0.364 e. The number of nitrogens with two attached hydrogens (primary N) is 1. The number of amides is 2. The summed E-state index contributed by atoms with van der Waals surface area (Å²) in [6, 6.07) is 18.2. The second-order valence-corrected chi connectivity index (χ2v) is 4.53. The van der Waals surface area contributed by atoms with Crippen LogP contribution in [-0.4, -0.2) is 11.8 Å². The van der Waals surface area contributed by atoms with Crippen LogP contribution in [0.15, 0.2) is 78.5 Å². The zero-order valence-electron chi connectivity index (χ0n) is 11.9. The molecule has 4 heteroatoms. The van der Waals surface area contributed by atoms with Crippen LogP contribution in [0.3, 0.4) is 0 Å². The SMILES string of the molecule is NC(=O)/C(=C\C=C/c1ccccc1)NC(=O)c1ccccc1. The van der Waals surface area contributed by atoms with E-state index in [1.807, 2.05) is 42.5 Å². The number of rotatable bonds is 5. The number of hydrogen-bond acceptors (Lipinski definition) is 2. The molecule has 110 valence electrons. The molecule has 0 aliphatic rings. The summed E-state index contributed by atoms with van der Waals surface area (Å²) in [4.78, 5) is 23.4. The van der Waals surface area contributed by atoms with Gasteiger partial charge in [-0.25, -0.2) is 0 Å². The molecule has 0 atom stereocenters. The van der Waals surface area contributed by atoms with Crippen molar-refractivity contribution in [3.63, 3.8) is 0 Å². The molecular formula is C18H16N2O2. The van der Waals surface area contributed by atoms with Crippen molar-refractivity contribution < 1.29 is 9.59 Å². The van der Waals surface area contributed by atoms with Gasteiger partial charge in [0.2, 0.25) is 0 Å². The first kappa shape index (κ1) is 15.3. The van der Waals surface area contributed by atoms with E-state index in [1.54, 1.807) is 30.3 Å². The largest absolute Gasteiger partial charge is 0.364 e. The summed E-state index contributed by atoms with van der Waals surface area (Å²) in [6.07, 6.45) is 4.97. The van der Waals surface area contributed by atoms with Crippen molar-refractivity contribution in [1.29, 1.82) is 0 Å². The van der Waals surface area contributed by atoms with Crippen molar-refractivity contribution in [2.24, 2.45) is 5.73 Å². The predicted molar refractivity (Wildman–Crippen MR) is 86.7 cm³/mol. The summed E-state index contributed by atoms with van der Waals surface area (Å²) in [5.41, 5.74) is 6.77. The molecule has 2 rings (SSSR count). The molecule has 0 spiro atoms. The van der Waals surface area contributed by atoms with E-state index in [-0.39, 0.29) is 11.6 Å². The van der Waals surface area contributed by atoms with Gasteiger partial charge in [-0.1, -0.05) is 60.7 Å². The molecule has 0 saturated carbocycles. The smallest absolute Gasteiger partial charge is 0.265 e. The fourth-order valence-electron chi connectivity index (χ4n) is 1.79. The number of carbonyl (C=O) groups is 2. The Bertz CT molecular complexity index is 704. The Balaban J connectivity index is 2.10. The molecule has 0 aromatic heterocycles. The van der Waals surface area contributed by atoms with Crippen molar-refractivity contribution in [1.82, 2.24) is 5.32 Å². The highest BCUT2D eigenvalue weighted by Crippen LogP contribution is 2.03. The minimum absolute atomic E-state index is 0.0426. The van der Waals surface area contributed by atoms with Crippen molar-refractivity contribution in [3.05, 3.63) is 89.6 Å². The number of primary amides is 1. The van der Waals surface area contributed by atoms with Crippen LogP contribution in [0.25, 0.3) is 6.08 Å². The molecule has 2 aromatic carbocycles. The Labute approximate surface area is 129 Å². The van der Waals surface area contributed by atoms with Gasteiger partial charge in [0.25, 0.3) is 11.8 Å². The van der Waals surface area contributed by atoms with Crippen LogP contribution in [0.1, 0.15) is 15.9 Å². The van der Waals surface area contributed by atoms with Crippen molar-refractivity contribution in [2.75, 3.05) is 0 Å². The average Bonchev–Trinajstić information content (AvgIpc) is 2.55. The first-order valence-corrected chi connectivity index (χ1v) is 6.76. The topological polar surface area (TPSA) is 72.2 Å². The van der Waals surface area contributed by atoms with E-state index >= 15 is 0 Å². The quantitative estimate of drug-likeness (QED) is 0.656. The van der Waals surface area contributed by atoms with Gasteiger partial charge in [0, 0.05) is 5.56 Å². The highest BCUT2D eigenvalue weighted by Gasteiger charge is 2.10. The second-order valence-electron chi connectivity index (χ2n) is 4.53. The zero-order chi connectivity index (χ0) is 15.8. The first-order chi connectivity index (χ1) is 10.7. The van der Waals surface area contributed by atoms with Gasteiger partial charge >= 0.3 is 0 Å². The summed E-state index contributed by atoms with van der Waals surface area (Å²) in [6.45, 7) is 0. The Hall–Kier alpha value is -3.14. The summed E-state index contributed by atoms with van der Waals surface area (Å²) in [7, 11) is 0. The maximum atomic E-state index is 12.0. The van der Waals surface area contributed by atoms with Crippen LogP contribution >= 0.6 is 0 Å². The summed E-state index contributed by atoms with van der Waals surface area (Å²) >= 11 is 0. The molecule has 2 aromatic rings. The molecule has 0 unspecified atom stereocenters. The van der Waals surface area contributed by atoms with Crippen LogP contribution < -0.4 is 11.1 Å². The molecule has 0 fully saturated rings. The Morgan fingerprint density at radius 1 is 0.909 bits per heavy atom. The Morgan fingerprint density at radius 2 is 1.50 bits per heavy atom. The van der Waals surface area contributed by atoms with Crippen LogP contribution in [-0.2, 0) is 4.79 Å². The molecule has 0 bridgehead atoms. The van der Waals surface area contributed by atoms with Crippen LogP contribution in [0.2, 0.25) is 0 Å². The van der Waals surface area contributed by atoms with Gasteiger partial charge < -0.3 is 11.1 Å². The van der Waals surface area contributed by atoms with E-state index in [4.69, 9.17) is 5.73 Å². The average molecular weight is 292 g/mol. The van der Waals surface area contributed by atoms with E-state index in [0.29, 0.717) is 5.56 Å². The molecule has 3 N–H and O–H groups in total. The van der Waals surface area contributed by atoms with Gasteiger partial charge in [0.05, 0.1) is 0 Å². The fraction of sp³-hybridized carbons (Fsp3) is 0. The van der Waals surface area contributed by atoms with Gasteiger partial charge in [0.15, 0.2) is 0 Å². The molecule has 22 heavy (non-hydrogen) atoms.